The van der Waals surface area contributed by atoms with E-state index in [4.69, 9.17) is 0 Å². The van der Waals surface area contributed by atoms with E-state index >= 15 is 0 Å². The minimum absolute atomic E-state index is 0.0556. The highest BCUT2D eigenvalue weighted by Gasteiger charge is 2.12. The van der Waals surface area contributed by atoms with Crippen molar-refractivity contribution in [3.8, 4) is 11.4 Å². The molecule has 0 aliphatic rings. The maximum Gasteiger partial charge on any atom is 0.274 e. The summed E-state index contributed by atoms with van der Waals surface area (Å²) in [5.74, 6) is -0.0924. The van der Waals surface area contributed by atoms with Gasteiger partial charge in [0.15, 0.2) is 0 Å². The molecule has 28 heavy (non-hydrogen) atoms. The Balaban J connectivity index is 1.56. The third-order valence-corrected chi connectivity index (χ3v) is 4.11. The van der Waals surface area contributed by atoms with Crippen molar-refractivity contribution >= 4 is 11.6 Å². The Labute approximate surface area is 160 Å². The molecule has 7 heteroatoms. The number of aromatic nitrogens is 4. The first-order valence-electron chi connectivity index (χ1n) is 8.72. The highest BCUT2D eigenvalue weighted by molar-refractivity contribution is 6.03. The lowest BCUT2D eigenvalue weighted by Crippen LogP contribution is -2.19. The molecule has 4 rings (SSSR count). The van der Waals surface area contributed by atoms with Crippen molar-refractivity contribution in [3.63, 3.8) is 0 Å². The molecule has 2 heterocycles. The first-order valence-corrected chi connectivity index (χ1v) is 8.72. The molecule has 0 aliphatic heterocycles. The number of H-pyrrole nitrogens is 1. The van der Waals surface area contributed by atoms with Crippen molar-refractivity contribution in [1.82, 2.24) is 19.7 Å². The first kappa shape index (κ1) is 17.4. The monoisotopic (exact) mass is 371 g/mol. The Bertz CT molecular complexity index is 1150. The Hall–Kier alpha value is -4.00. The predicted molar refractivity (Wildman–Crippen MR) is 106 cm³/mol. The second kappa shape index (κ2) is 7.71. The van der Waals surface area contributed by atoms with Crippen LogP contribution in [0.15, 0.2) is 83.9 Å². The molecular weight excluding hydrogens is 354 g/mol. The Morgan fingerprint density at radius 2 is 1.89 bits per heavy atom. The summed E-state index contributed by atoms with van der Waals surface area (Å²) in [6.07, 6.45) is 3.59. The molecule has 0 radical (unpaired) electrons. The fourth-order valence-electron chi connectivity index (χ4n) is 2.83. The van der Waals surface area contributed by atoms with Crippen LogP contribution >= 0.6 is 0 Å². The smallest absolute Gasteiger partial charge is 0.274 e. The molecule has 0 unspecified atom stereocenters. The molecule has 0 saturated carbocycles. The zero-order valence-corrected chi connectivity index (χ0v) is 14.9. The molecule has 2 N–H and O–H groups in total. The van der Waals surface area contributed by atoms with Crippen molar-refractivity contribution in [2.24, 2.45) is 0 Å². The van der Waals surface area contributed by atoms with Crippen molar-refractivity contribution < 1.29 is 4.79 Å². The maximum atomic E-state index is 12.6. The van der Waals surface area contributed by atoms with E-state index in [1.165, 1.54) is 6.07 Å². The van der Waals surface area contributed by atoms with Gasteiger partial charge in [-0.2, -0.15) is 5.10 Å². The number of carbonyl (C=O) groups is 1. The van der Waals surface area contributed by atoms with Gasteiger partial charge < -0.3 is 10.3 Å². The number of rotatable bonds is 5. The van der Waals surface area contributed by atoms with Gasteiger partial charge in [0, 0.05) is 29.7 Å². The number of nitrogens with one attached hydrogen (secondary N) is 2. The van der Waals surface area contributed by atoms with E-state index in [1.807, 2.05) is 60.8 Å². The van der Waals surface area contributed by atoms with Crippen molar-refractivity contribution in [3.05, 3.63) is 101 Å². The van der Waals surface area contributed by atoms with Gasteiger partial charge in [-0.1, -0.05) is 42.5 Å². The lowest BCUT2D eigenvalue weighted by molar-refractivity contribution is 0.102. The number of benzene rings is 2. The van der Waals surface area contributed by atoms with Crippen LogP contribution < -0.4 is 10.9 Å². The summed E-state index contributed by atoms with van der Waals surface area (Å²) in [6, 6.07) is 19.7. The Morgan fingerprint density at radius 1 is 1.04 bits per heavy atom. The van der Waals surface area contributed by atoms with E-state index in [0.717, 1.165) is 11.1 Å². The van der Waals surface area contributed by atoms with Crippen LogP contribution in [0.5, 0.6) is 0 Å². The fourth-order valence-corrected chi connectivity index (χ4v) is 2.83. The lowest BCUT2D eigenvalue weighted by Gasteiger charge is -2.08. The summed E-state index contributed by atoms with van der Waals surface area (Å²) in [7, 11) is 0. The van der Waals surface area contributed by atoms with E-state index in [-0.39, 0.29) is 11.3 Å². The molecule has 0 saturated heterocycles. The molecule has 2 aromatic carbocycles. The second-order valence-corrected chi connectivity index (χ2v) is 6.20. The number of aromatic amines is 1. The Morgan fingerprint density at radius 3 is 2.68 bits per heavy atom. The average Bonchev–Trinajstić information content (AvgIpc) is 3.21. The van der Waals surface area contributed by atoms with Crippen LogP contribution in [0.2, 0.25) is 0 Å². The van der Waals surface area contributed by atoms with Crippen LogP contribution in [-0.4, -0.2) is 25.7 Å². The van der Waals surface area contributed by atoms with Crippen LogP contribution in [-0.2, 0) is 6.54 Å². The number of amides is 1. The minimum atomic E-state index is -0.445. The van der Waals surface area contributed by atoms with Crippen molar-refractivity contribution in [2.75, 3.05) is 5.32 Å². The van der Waals surface area contributed by atoms with Crippen LogP contribution in [0.4, 0.5) is 5.69 Å². The second-order valence-electron chi connectivity index (χ2n) is 6.20. The minimum Gasteiger partial charge on any atom is -0.321 e. The van der Waals surface area contributed by atoms with Crippen molar-refractivity contribution in [1.29, 1.82) is 0 Å². The molecule has 138 valence electrons. The van der Waals surface area contributed by atoms with E-state index in [0.29, 0.717) is 18.1 Å². The third kappa shape index (κ3) is 4.04. The highest BCUT2D eigenvalue weighted by atomic mass is 16.2. The summed E-state index contributed by atoms with van der Waals surface area (Å²) in [4.78, 5) is 31.6. The third-order valence-electron chi connectivity index (χ3n) is 4.11. The molecule has 7 nitrogen and oxygen atoms in total. The number of carbonyl (C=O) groups excluding carboxylic acids is 1. The summed E-state index contributed by atoms with van der Waals surface area (Å²) < 4.78 is 1.80. The molecule has 0 fully saturated rings. The van der Waals surface area contributed by atoms with Gasteiger partial charge in [-0.25, -0.2) is 4.98 Å². The number of hydrogen-bond acceptors (Lipinski definition) is 4. The van der Waals surface area contributed by atoms with E-state index in [9.17, 15) is 9.59 Å². The van der Waals surface area contributed by atoms with E-state index in [2.05, 4.69) is 20.4 Å². The maximum absolute atomic E-state index is 12.6. The van der Waals surface area contributed by atoms with Gasteiger partial charge in [-0.3, -0.25) is 14.3 Å². The van der Waals surface area contributed by atoms with Gasteiger partial charge in [0.25, 0.3) is 11.5 Å². The molecule has 0 atom stereocenters. The molecule has 0 bridgehead atoms. The summed E-state index contributed by atoms with van der Waals surface area (Å²) in [6.45, 7) is 0.595. The number of hydrogen-bond donors (Lipinski definition) is 2. The largest absolute Gasteiger partial charge is 0.321 e. The van der Waals surface area contributed by atoms with Gasteiger partial charge in [0.1, 0.15) is 11.5 Å². The van der Waals surface area contributed by atoms with E-state index < -0.39 is 5.91 Å². The van der Waals surface area contributed by atoms with Crippen molar-refractivity contribution in [2.45, 2.75) is 6.54 Å². The van der Waals surface area contributed by atoms with Gasteiger partial charge in [-0.15, -0.1) is 0 Å². The highest BCUT2D eigenvalue weighted by Crippen LogP contribution is 2.15. The average molecular weight is 371 g/mol. The Kier molecular flexibility index (Phi) is 4.79. The molecule has 4 aromatic rings. The quantitative estimate of drug-likeness (QED) is 0.564. The van der Waals surface area contributed by atoms with Crippen LogP contribution in [0.25, 0.3) is 11.4 Å². The normalized spacial score (nSPS) is 10.6. The predicted octanol–water partition coefficient (Wildman–Crippen LogP) is 2.93. The van der Waals surface area contributed by atoms with Gasteiger partial charge in [0.05, 0.1) is 6.54 Å². The van der Waals surface area contributed by atoms with Gasteiger partial charge >= 0.3 is 0 Å². The summed E-state index contributed by atoms with van der Waals surface area (Å²) in [5, 5.41) is 6.98. The molecule has 0 spiro atoms. The molecule has 1 amide bonds. The summed E-state index contributed by atoms with van der Waals surface area (Å²) >= 11 is 0. The fraction of sp³-hybridized carbons (Fsp3) is 0.0476. The summed E-state index contributed by atoms with van der Waals surface area (Å²) in [5.41, 5.74) is 2.02. The molecular formula is C21H17N5O2. The first-order chi connectivity index (χ1) is 13.7. The topological polar surface area (TPSA) is 92.7 Å². The van der Waals surface area contributed by atoms with E-state index in [1.54, 1.807) is 16.9 Å². The number of anilines is 1. The van der Waals surface area contributed by atoms with Gasteiger partial charge in [-0.05, 0) is 23.8 Å². The van der Waals surface area contributed by atoms with Gasteiger partial charge in [0.2, 0.25) is 0 Å². The molecule has 0 aliphatic carbocycles. The zero-order valence-electron chi connectivity index (χ0n) is 14.9. The standard InChI is InChI=1S/C21H17N5O2/c27-19-13-18(24-20(25-19)16-7-2-1-3-8-16)21(28)23-17-9-4-6-15(12-17)14-26-11-5-10-22-26/h1-13H,14H2,(H,23,28)(H,24,25,27). The molecule has 2 aromatic heterocycles. The van der Waals surface area contributed by atoms with Crippen LogP contribution in [0.1, 0.15) is 16.1 Å². The zero-order chi connectivity index (χ0) is 19.3. The lowest BCUT2D eigenvalue weighted by atomic mass is 10.2. The van der Waals surface area contributed by atoms with Crippen LogP contribution in [0, 0.1) is 0 Å². The SMILES string of the molecule is O=C(Nc1cccc(Cn2cccn2)c1)c1cc(=O)[nH]c(-c2ccccc2)n1. The van der Waals surface area contributed by atoms with Crippen LogP contribution in [0.3, 0.4) is 0 Å². The number of nitrogens with zero attached hydrogens (tertiary/aromatic N) is 3.